The highest BCUT2D eigenvalue weighted by Crippen LogP contribution is 2.20. The molecule has 1 amide bonds. The van der Waals surface area contributed by atoms with E-state index in [1.807, 2.05) is 0 Å². The van der Waals surface area contributed by atoms with Gasteiger partial charge in [-0.25, -0.2) is 5.32 Å². The summed E-state index contributed by atoms with van der Waals surface area (Å²) < 4.78 is 0. The number of fused-ring (bicyclic) bond motifs is 1. The number of rotatable bonds is 0. The first-order valence-electron chi connectivity index (χ1n) is 3.54. The van der Waals surface area contributed by atoms with Crippen molar-refractivity contribution in [2.45, 2.75) is 12.8 Å². The van der Waals surface area contributed by atoms with Crippen molar-refractivity contribution in [3.63, 3.8) is 0 Å². The summed E-state index contributed by atoms with van der Waals surface area (Å²) in [7, 11) is 0. The van der Waals surface area contributed by atoms with Gasteiger partial charge < -0.3 is 0 Å². The van der Waals surface area contributed by atoms with Crippen LogP contribution in [0, 0.1) is 0 Å². The summed E-state index contributed by atoms with van der Waals surface area (Å²) >= 11 is 0. The largest absolute Gasteiger partial charge is 0.273 e. The lowest BCUT2D eigenvalue weighted by Crippen LogP contribution is -2.17. The van der Waals surface area contributed by atoms with E-state index in [1.54, 1.807) is 18.5 Å². The minimum absolute atomic E-state index is 0.0244. The molecular formula is C8H7N2O. The van der Waals surface area contributed by atoms with Crippen LogP contribution in [0.4, 0.5) is 5.69 Å². The Morgan fingerprint density at radius 1 is 1.36 bits per heavy atom. The average molecular weight is 147 g/mol. The van der Waals surface area contributed by atoms with Gasteiger partial charge in [-0.1, -0.05) is 0 Å². The van der Waals surface area contributed by atoms with E-state index < -0.39 is 0 Å². The molecule has 1 aromatic heterocycles. The van der Waals surface area contributed by atoms with Crippen LogP contribution in [0.3, 0.4) is 0 Å². The third-order valence-corrected chi connectivity index (χ3v) is 1.73. The van der Waals surface area contributed by atoms with Crippen LogP contribution in [-0.4, -0.2) is 10.9 Å². The van der Waals surface area contributed by atoms with E-state index in [1.165, 1.54) is 0 Å². The molecule has 0 saturated heterocycles. The Morgan fingerprint density at radius 3 is 3.18 bits per heavy atom. The third-order valence-electron chi connectivity index (χ3n) is 1.73. The van der Waals surface area contributed by atoms with Crippen molar-refractivity contribution in [2.75, 3.05) is 0 Å². The Bertz CT molecular complexity index is 296. The predicted molar refractivity (Wildman–Crippen MR) is 39.4 cm³/mol. The third kappa shape index (κ3) is 1.09. The van der Waals surface area contributed by atoms with Crippen LogP contribution in [0.1, 0.15) is 12.0 Å². The van der Waals surface area contributed by atoms with Gasteiger partial charge in [-0.3, -0.25) is 9.78 Å². The van der Waals surface area contributed by atoms with Crippen LogP contribution in [-0.2, 0) is 11.2 Å². The first-order valence-corrected chi connectivity index (χ1v) is 3.54. The molecule has 2 heterocycles. The summed E-state index contributed by atoms with van der Waals surface area (Å²) in [4.78, 5) is 14.8. The highest BCUT2D eigenvalue weighted by atomic mass is 16.1. The van der Waals surface area contributed by atoms with E-state index in [9.17, 15) is 4.79 Å². The van der Waals surface area contributed by atoms with Gasteiger partial charge in [-0.2, -0.15) is 0 Å². The SMILES string of the molecule is O=C1CCc2cnccc2[N]1. The summed E-state index contributed by atoms with van der Waals surface area (Å²) in [5.74, 6) is -0.0244. The zero-order valence-electron chi connectivity index (χ0n) is 5.95. The number of aryl methyl sites for hydroxylation is 1. The smallest absolute Gasteiger partial charge is 0.246 e. The molecule has 3 heteroatoms. The van der Waals surface area contributed by atoms with Gasteiger partial charge in [0.05, 0.1) is 5.69 Å². The summed E-state index contributed by atoms with van der Waals surface area (Å²) in [5, 5.41) is 3.87. The molecular weight excluding hydrogens is 140 g/mol. The van der Waals surface area contributed by atoms with Crippen molar-refractivity contribution >= 4 is 11.6 Å². The summed E-state index contributed by atoms with van der Waals surface area (Å²) in [6.45, 7) is 0. The van der Waals surface area contributed by atoms with Gasteiger partial charge in [0.25, 0.3) is 0 Å². The zero-order chi connectivity index (χ0) is 7.68. The topological polar surface area (TPSA) is 44.1 Å². The summed E-state index contributed by atoms with van der Waals surface area (Å²) in [6.07, 6.45) is 4.73. The number of nitrogens with zero attached hydrogens (tertiary/aromatic N) is 2. The van der Waals surface area contributed by atoms with Crippen molar-refractivity contribution in [3.8, 4) is 0 Å². The number of carbonyl (C=O) groups excluding carboxylic acids is 1. The quantitative estimate of drug-likeness (QED) is 0.544. The molecule has 0 saturated carbocycles. The molecule has 0 unspecified atom stereocenters. The summed E-state index contributed by atoms with van der Waals surface area (Å²) in [5.41, 5.74) is 1.86. The molecule has 55 valence electrons. The Labute approximate surface area is 64.5 Å². The fraction of sp³-hybridized carbons (Fsp3) is 0.250. The Morgan fingerprint density at radius 2 is 2.27 bits per heavy atom. The predicted octanol–water partition coefficient (Wildman–Crippen LogP) is 0.790. The fourth-order valence-electron chi connectivity index (χ4n) is 1.15. The molecule has 2 rings (SSSR count). The highest BCUT2D eigenvalue weighted by Gasteiger charge is 2.15. The van der Waals surface area contributed by atoms with Crippen LogP contribution in [0.15, 0.2) is 18.5 Å². The zero-order valence-corrected chi connectivity index (χ0v) is 5.95. The van der Waals surface area contributed by atoms with E-state index in [-0.39, 0.29) is 5.91 Å². The van der Waals surface area contributed by atoms with Crippen molar-refractivity contribution in [3.05, 3.63) is 24.0 Å². The van der Waals surface area contributed by atoms with Gasteiger partial charge in [-0.05, 0) is 18.1 Å². The first-order chi connectivity index (χ1) is 5.36. The first kappa shape index (κ1) is 6.34. The number of carbonyl (C=O) groups is 1. The number of hydrogen-bond acceptors (Lipinski definition) is 2. The molecule has 0 aromatic carbocycles. The van der Waals surface area contributed by atoms with Gasteiger partial charge >= 0.3 is 0 Å². The van der Waals surface area contributed by atoms with Crippen molar-refractivity contribution in [1.29, 1.82) is 0 Å². The van der Waals surface area contributed by atoms with Crippen LogP contribution < -0.4 is 5.32 Å². The van der Waals surface area contributed by atoms with Crippen LogP contribution in [0.5, 0.6) is 0 Å². The second-order valence-electron chi connectivity index (χ2n) is 2.51. The number of pyridine rings is 1. The normalized spacial score (nSPS) is 15.5. The van der Waals surface area contributed by atoms with Crippen LogP contribution in [0.2, 0.25) is 0 Å². The molecule has 1 aliphatic heterocycles. The monoisotopic (exact) mass is 147 g/mol. The molecule has 1 radical (unpaired) electrons. The second-order valence-corrected chi connectivity index (χ2v) is 2.51. The van der Waals surface area contributed by atoms with E-state index >= 15 is 0 Å². The maximum atomic E-state index is 10.8. The molecule has 0 aliphatic carbocycles. The summed E-state index contributed by atoms with van der Waals surface area (Å²) in [6, 6.07) is 1.77. The van der Waals surface area contributed by atoms with Crippen molar-refractivity contribution in [1.82, 2.24) is 10.3 Å². The molecule has 0 spiro atoms. The number of hydrogen-bond donors (Lipinski definition) is 0. The van der Waals surface area contributed by atoms with Gasteiger partial charge in [0.1, 0.15) is 0 Å². The molecule has 3 nitrogen and oxygen atoms in total. The second kappa shape index (κ2) is 2.34. The minimum Gasteiger partial charge on any atom is -0.273 e. The van der Waals surface area contributed by atoms with Gasteiger partial charge in [0, 0.05) is 18.8 Å². The van der Waals surface area contributed by atoms with E-state index in [0.717, 1.165) is 17.7 Å². The molecule has 1 aliphatic rings. The van der Waals surface area contributed by atoms with Crippen LogP contribution >= 0.6 is 0 Å². The lowest BCUT2D eigenvalue weighted by Gasteiger charge is -2.12. The molecule has 0 atom stereocenters. The van der Waals surface area contributed by atoms with Gasteiger partial charge in [0.2, 0.25) is 5.91 Å². The molecule has 11 heavy (non-hydrogen) atoms. The molecule has 0 fully saturated rings. The maximum Gasteiger partial charge on any atom is 0.246 e. The number of amides is 1. The lowest BCUT2D eigenvalue weighted by molar-refractivity contribution is -0.120. The molecule has 1 aromatic rings. The Balaban J connectivity index is 2.41. The standard InChI is InChI=1S/C8H7N2O/c11-8-2-1-6-5-9-4-3-7(6)10-8/h3-5H,1-2H2. The molecule has 0 bridgehead atoms. The van der Waals surface area contributed by atoms with Gasteiger partial charge in [0.15, 0.2) is 0 Å². The maximum absolute atomic E-state index is 10.8. The number of aromatic nitrogens is 1. The van der Waals surface area contributed by atoms with E-state index in [2.05, 4.69) is 10.3 Å². The average Bonchev–Trinajstić information content (AvgIpc) is 2.04. The van der Waals surface area contributed by atoms with Crippen molar-refractivity contribution in [2.24, 2.45) is 0 Å². The molecule has 0 N–H and O–H groups in total. The minimum atomic E-state index is -0.0244. The van der Waals surface area contributed by atoms with Gasteiger partial charge in [-0.15, -0.1) is 0 Å². The Kier molecular flexibility index (Phi) is 1.35. The van der Waals surface area contributed by atoms with Crippen molar-refractivity contribution < 1.29 is 4.79 Å². The fourth-order valence-corrected chi connectivity index (χ4v) is 1.15. The van der Waals surface area contributed by atoms with Crippen LogP contribution in [0.25, 0.3) is 0 Å². The van der Waals surface area contributed by atoms with E-state index in [4.69, 9.17) is 0 Å². The highest BCUT2D eigenvalue weighted by molar-refractivity contribution is 5.83. The lowest BCUT2D eigenvalue weighted by atomic mass is 10.1. The van der Waals surface area contributed by atoms with E-state index in [0.29, 0.717) is 6.42 Å². The Hall–Kier alpha value is -1.38.